The lowest BCUT2D eigenvalue weighted by molar-refractivity contribution is 0.0939. The van der Waals surface area contributed by atoms with Crippen molar-refractivity contribution in [2.75, 3.05) is 12.9 Å². The van der Waals surface area contributed by atoms with Crippen molar-refractivity contribution in [3.05, 3.63) is 29.3 Å². The van der Waals surface area contributed by atoms with Gasteiger partial charge in [-0.05, 0) is 19.1 Å². The molecule has 1 aromatic carbocycles. The van der Waals surface area contributed by atoms with Crippen molar-refractivity contribution in [3.8, 4) is 5.75 Å². The summed E-state index contributed by atoms with van der Waals surface area (Å²) in [6.07, 6.45) is 1.06. The van der Waals surface area contributed by atoms with E-state index in [1.165, 1.54) is 0 Å². The van der Waals surface area contributed by atoms with Crippen molar-refractivity contribution < 1.29 is 17.9 Å². The molecule has 2 rings (SSSR count). The third-order valence-electron chi connectivity index (χ3n) is 2.60. The largest absolute Gasteiger partial charge is 0.491 e. The van der Waals surface area contributed by atoms with Crippen LogP contribution < -0.4 is 4.74 Å². The minimum absolute atomic E-state index is 0.0896. The number of hydrogen-bond donors (Lipinski definition) is 0. The first-order valence-corrected chi connectivity index (χ1v) is 6.81. The monoisotopic (exact) mass is 240 g/mol. The van der Waals surface area contributed by atoms with Gasteiger partial charge in [0.05, 0.1) is 5.56 Å². The topological polar surface area (TPSA) is 60.4 Å². The summed E-state index contributed by atoms with van der Waals surface area (Å²) in [4.78, 5) is 12.0. The molecule has 1 aliphatic heterocycles. The fourth-order valence-electron chi connectivity index (χ4n) is 1.69. The van der Waals surface area contributed by atoms with E-state index in [-0.39, 0.29) is 12.4 Å². The van der Waals surface area contributed by atoms with Gasteiger partial charge in [-0.3, -0.25) is 4.79 Å². The van der Waals surface area contributed by atoms with Crippen LogP contribution in [-0.4, -0.2) is 32.3 Å². The maximum Gasteiger partial charge on any atom is 0.188 e. The first kappa shape index (κ1) is 11.1. The molecule has 1 unspecified atom stereocenters. The van der Waals surface area contributed by atoms with Crippen LogP contribution in [0.3, 0.4) is 0 Å². The van der Waals surface area contributed by atoms with Crippen LogP contribution in [0, 0.1) is 6.92 Å². The standard InChI is InChI=1S/C11H12O4S/c1-7-3-4-9-8(5-7)11(12)10(6-15-9)16(2,13)14/h3-5,10H,6H2,1-2H3. The van der Waals surface area contributed by atoms with Crippen LogP contribution in [0.5, 0.6) is 5.75 Å². The average Bonchev–Trinajstić information content (AvgIpc) is 2.17. The molecule has 1 aromatic rings. The summed E-state index contributed by atoms with van der Waals surface area (Å²) < 4.78 is 28.1. The Hall–Kier alpha value is -1.36. The predicted molar refractivity (Wildman–Crippen MR) is 59.6 cm³/mol. The van der Waals surface area contributed by atoms with E-state index in [9.17, 15) is 13.2 Å². The van der Waals surface area contributed by atoms with E-state index >= 15 is 0 Å². The zero-order valence-electron chi connectivity index (χ0n) is 9.06. The van der Waals surface area contributed by atoms with Gasteiger partial charge >= 0.3 is 0 Å². The second-order valence-corrected chi connectivity index (χ2v) is 6.22. The van der Waals surface area contributed by atoms with E-state index in [4.69, 9.17) is 4.74 Å². The molecule has 0 spiro atoms. The van der Waals surface area contributed by atoms with Crippen molar-refractivity contribution in [2.45, 2.75) is 12.2 Å². The van der Waals surface area contributed by atoms with Gasteiger partial charge in [0.2, 0.25) is 0 Å². The quantitative estimate of drug-likeness (QED) is 0.734. The Bertz CT molecular complexity index is 545. The number of Topliss-reactive ketones (excluding diaryl/α,β-unsaturated/α-hetero) is 1. The van der Waals surface area contributed by atoms with Crippen molar-refractivity contribution in [1.82, 2.24) is 0 Å². The summed E-state index contributed by atoms with van der Waals surface area (Å²) in [5, 5.41) is -1.07. The Morgan fingerprint density at radius 1 is 1.38 bits per heavy atom. The molecule has 0 aromatic heterocycles. The van der Waals surface area contributed by atoms with E-state index in [1.54, 1.807) is 12.1 Å². The summed E-state index contributed by atoms with van der Waals surface area (Å²) in [5.74, 6) is 0.1000. The maximum absolute atomic E-state index is 12.0. The van der Waals surface area contributed by atoms with Gasteiger partial charge in [0.25, 0.3) is 0 Å². The van der Waals surface area contributed by atoms with Gasteiger partial charge in [0.15, 0.2) is 20.9 Å². The molecule has 0 saturated carbocycles. The zero-order chi connectivity index (χ0) is 11.9. The van der Waals surface area contributed by atoms with Crippen LogP contribution in [-0.2, 0) is 9.84 Å². The van der Waals surface area contributed by atoms with Crippen LogP contribution in [0.25, 0.3) is 0 Å². The smallest absolute Gasteiger partial charge is 0.188 e. The molecule has 0 bridgehead atoms. The number of carbonyl (C=O) groups excluding carboxylic acids is 1. The van der Waals surface area contributed by atoms with Crippen LogP contribution in [0.15, 0.2) is 18.2 Å². The van der Waals surface area contributed by atoms with Crippen LogP contribution >= 0.6 is 0 Å². The van der Waals surface area contributed by atoms with E-state index in [2.05, 4.69) is 0 Å². The number of fused-ring (bicyclic) bond motifs is 1. The molecule has 86 valence electrons. The predicted octanol–water partition coefficient (Wildman–Crippen LogP) is 0.983. The van der Waals surface area contributed by atoms with Crippen LogP contribution in [0.1, 0.15) is 15.9 Å². The number of carbonyl (C=O) groups is 1. The Morgan fingerprint density at radius 2 is 2.06 bits per heavy atom. The Kier molecular flexibility index (Phi) is 2.50. The van der Waals surface area contributed by atoms with Crippen molar-refractivity contribution >= 4 is 15.6 Å². The second-order valence-electron chi connectivity index (χ2n) is 3.99. The summed E-state index contributed by atoms with van der Waals surface area (Å²) in [6, 6.07) is 5.18. The van der Waals surface area contributed by atoms with Crippen molar-refractivity contribution in [3.63, 3.8) is 0 Å². The Morgan fingerprint density at radius 3 is 2.69 bits per heavy atom. The van der Waals surface area contributed by atoms with Crippen molar-refractivity contribution in [2.24, 2.45) is 0 Å². The van der Waals surface area contributed by atoms with Gasteiger partial charge in [-0.15, -0.1) is 0 Å². The number of aryl methyl sites for hydroxylation is 1. The fraction of sp³-hybridized carbons (Fsp3) is 0.364. The number of rotatable bonds is 1. The summed E-state index contributed by atoms with van der Waals surface area (Å²) in [5.41, 5.74) is 1.27. The summed E-state index contributed by atoms with van der Waals surface area (Å²) in [7, 11) is -3.41. The van der Waals surface area contributed by atoms with Gasteiger partial charge in [-0.2, -0.15) is 0 Å². The summed E-state index contributed by atoms with van der Waals surface area (Å²) in [6.45, 7) is 1.76. The van der Waals surface area contributed by atoms with Crippen molar-refractivity contribution in [1.29, 1.82) is 0 Å². The molecule has 1 aliphatic rings. The van der Waals surface area contributed by atoms with E-state index < -0.39 is 15.1 Å². The minimum Gasteiger partial charge on any atom is -0.491 e. The first-order chi connectivity index (χ1) is 7.39. The Balaban J connectivity index is 2.50. The molecule has 16 heavy (non-hydrogen) atoms. The van der Waals surface area contributed by atoms with E-state index in [0.717, 1.165) is 11.8 Å². The molecule has 1 atom stereocenters. The van der Waals surface area contributed by atoms with E-state index in [1.807, 2.05) is 13.0 Å². The highest BCUT2D eigenvalue weighted by Gasteiger charge is 2.35. The zero-order valence-corrected chi connectivity index (χ0v) is 9.87. The highest BCUT2D eigenvalue weighted by molar-refractivity contribution is 7.92. The third-order valence-corrected chi connectivity index (χ3v) is 3.98. The minimum atomic E-state index is -3.41. The second kappa shape index (κ2) is 3.59. The lowest BCUT2D eigenvalue weighted by Crippen LogP contribution is -2.38. The van der Waals surface area contributed by atoms with Gasteiger partial charge in [0.1, 0.15) is 12.4 Å². The lowest BCUT2D eigenvalue weighted by Gasteiger charge is -2.23. The highest BCUT2D eigenvalue weighted by atomic mass is 32.2. The normalized spacial score (nSPS) is 20.1. The number of ether oxygens (including phenoxy) is 1. The molecular formula is C11H12O4S. The molecular weight excluding hydrogens is 228 g/mol. The van der Waals surface area contributed by atoms with E-state index in [0.29, 0.717) is 11.3 Å². The maximum atomic E-state index is 12.0. The molecule has 0 N–H and O–H groups in total. The molecule has 1 heterocycles. The number of hydrogen-bond acceptors (Lipinski definition) is 4. The molecule has 0 radical (unpaired) electrons. The number of ketones is 1. The molecule has 0 fully saturated rings. The molecule has 0 saturated heterocycles. The molecule has 5 heteroatoms. The van der Waals surface area contributed by atoms with Gasteiger partial charge < -0.3 is 4.74 Å². The fourth-order valence-corrected chi connectivity index (χ4v) is 2.53. The van der Waals surface area contributed by atoms with Crippen LogP contribution in [0.4, 0.5) is 0 Å². The van der Waals surface area contributed by atoms with Gasteiger partial charge in [-0.1, -0.05) is 11.6 Å². The lowest BCUT2D eigenvalue weighted by atomic mass is 10.0. The molecule has 0 aliphatic carbocycles. The highest BCUT2D eigenvalue weighted by Crippen LogP contribution is 2.27. The molecule has 0 amide bonds. The summed E-state index contributed by atoms with van der Waals surface area (Å²) >= 11 is 0. The third kappa shape index (κ3) is 1.82. The SMILES string of the molecule is Cc1ccc2c(c1)C(=O)C(S(C)(=O)=O)CO2. The Labute approximate surface area is 94.2 Å². The molecule has 4 nitrogen and oxygen atoms in total. The average molecular weight is 240 g/mol. The number of benzene rings is 1. The number of sulfone groups is 1. The van der Waals surface area contributed by atoms with Gasteiger partial charge in [0, 0.05) is 6.26 Å². The van der Waals surface area contributed by atoms with Crippen LogP contribution in [0.2, 0.25) is 0 Å². The van der Waals surface area contributed by atoms with Gasteiger partial charge in [-0.25, -0.2) is 8.42 Å². The first-order valence-electron chi connectivity index (χ1n) is 4.86.